The highest BCUT2D eigenvalue weighted by molar-refractivity contribution is 5.69. The first-order chi connectivity index (χ1) is 14.5. The Balaban J connectivity index is 1.53. The first-order valence-corrected chi connectivity index (χ1v) is 9.88. The molecule has 0 aliphatic heterocycles. The average molecular weight is 414 g/mol. The lowest BCUT2D eigenvalue weighted by Gasteiger charge is -2.38. The van der Waals surface area contributed by atoms with Crippen LogP contribution in [0.15, 0.2) is 42.7 Å². The fraction of sp³-hybridized carbons (Fsp3) is 0.381. The lowest BCUT2D eigenvalue weighted by Crippen LogP contribution is -2.48. The van der Waals surface area contributed by atoms with Crippen LogP contribution in [-0.4, -0.2) is 57.4 Å². The van der Waals surface area contributed by atoms with Crippen LogP contribution in [0.2, 0.25) is 0 Å². The van der Waals surface area contributed by atoms with E-state index < -0.39 is 12.0 Å². The van der Waals surface area contributed by atoms with Crippen LogP contribution in [0.4, 0.5) is 14.6 Å². The number of phenols is 1. The van der Waals surface area contributed by atoms with E-state index in [1.165, 1.54) is 16.9 Å². The van der Waals surface area contributed by atoms with Crippen LogP contribution < -0.4 is 10.2 Å². The minimum Gasteiger partial charge on any atom is -0.507 e. The molecule has 2 unspecified atom stereocenters. The Kier molecular flexibility index (Phi) is 5.63. The Hall–Kier alpha value is -3.07. The van der Waals surface area contributed by atoms with Crippen LogP contribution in [0.3, 0.4) is 0 Å². The van der Waals surface area contributed by atoms with Crippen molar-refractivity contribution in [3.8, 4) is 22.7 Å². The molecule has 1 aliphatic rings. The maximum atomic E-state index is 14.5. The van der Waals surface area contributed by atoms with E-state index in [-0.39, 0.29) is 17.8 Å². The van der Waals surface area contributed by atoms with Crippen LogP contribution in [0.25, 0.3) is 16.9 Å². The largest absolute Gasteiger partial charge is 0.507 e. The van der Waals surface area contributed by atoms with Gasteiger partial charge in [-0.3, -0.25) is 0 Å². The second-order valence-electron chi connectivity index (χ2n) is 7.57. The van der Waals surface area contributed by atoms with Gasteiger partial charge in [-0.15, -0.1) is 10.2 Å². The summed E-state index contributed by atoms with van der Waals surface area (Å²) in [4.78, 5) is 1.83. The maximum absolute atomic E-state index is 14.5. The summed E-state index contributed by atoms with van der Waals surface area (Å²) >= 11 is 0. The molecule has 7 nitrogen and oxygen atoms in total. The fourth-order valence-electron chi connectivity index (χ4n) is 3.92. The Morgan fingerprint density at radius 2 is 2.03 bits per heavy atom. The molecule has 30 heavy (non-hydrogen) atoms. The standard InChI is InChI=1S/C21H24F2N6O/c1-24-14-3-6-17(23)19(9-14)28(2)21-8-7-18(26-27-21)16-5-4-15(10-20(16)30)29-12-13(22)11-25-29/h4-5,7-8,10-12,14,17,19,24,30H,3,6,9H2,1-2H3/t14?,17?,19-/m0/s1. The predicted octanol–water partition coefficient (Wildman–Crippen LogP) is 3.09. The SMILES string of the molecule is CNC1CCC(F)[C@@H](N(C)c2ccc(-c3ccc(-n4cc(F)cn4)cc3O)nn2)C1. The Labute approximate surface area is 173 Å². The number of nitrogens with one attached hydrogen (secondary N) is 1. The van der Waals surface area contributed by atoms with Gasteiger partial charge in [0.05, 0.1) is 29.8 Å². The number of aromatic nitrogens is 4. The Morgan fingerprint density at radius 1 is 1.20 bits per heavy atom. The molecule has 3 aromatic rings. The van der Waals surface area contributed by atoms with E-state index in [2.05, 4.69) is 20.6 Å². The van der Waals surface area contributed by atoms with Crippen molar-refractivity contribution in [2.75, 3.05) is 19.0 Å². The fourth-order valence-corrected chi connectivity index (χ4v) is 3.92. The van der Waals surface area contributed by atoms with Crippen LogP contribution in [0.1, 0.15) is 19.3 Å². The van der Waals surface area contributed by atoms with Crippen LogP contribution in [0.5, 0.6) is 5.75 Å². The van der Waals surface area contributed by atoms with Crippen LogP contribution in [0, 0.1) is 5.82 Å². The van der Waals surface area contributed by atoms with E-state index in [0.717, 1.165) is 12.6 Å². The monoisotopic (exact) mass is 414 g/mol. The third-order valence-electron chi connectivity index (χ3n) is 5.72. The number of phenolic OH excluding ortho intramolecular Hbond substituents is 1. The second kappa shape index (κ2) is 8.35. The van der Waals surface area contributed by atoms with Crippen molar-refractivity contribution in [2.45, 2.75) is 37.5 Å². The molecular weight excluding hydrogens is 390 g/mol. The molecule has 1 fully saturated rings. The number of anilines is 1. The van der Waals surface area contributed by atoms with Gasteiger partial charge in [-0.05, 0) is 50.6 Å². The number of halogens is 2. The zero-order valence-electron chi connectivity index (χ0n) is 16.8. The number of hydrogen-bond donors (Lipinski definition) is 2. The van der Waals surface area contributed by atoms with Gasteiger partial charge in [0.15, 0.2) is 11.6 Å². The minimum atomic E-state index is -0.912. The van der Waals surface area contributed by atoms with Gasteiger partial charge >= 0.3 is 0 Å². The van der Waals surface area contributed by atoms with E-state index in [1.54, 1.807) is 24.3 Å². The summed E-state index contributed by atoms with van der Waals surface area (Å²) in [5.41, 5.74) is 1.50. The van der Waals surface area contributed by atoms with Gasteiger partial charge in [0.25, 0.3) is 0 Å². The number of alkyl halides is 1. The maximum Gasteiger partial charge on any atom is 0.161 e. The molecule has 2 aromatic heterocycles. The first-order valence-electron chi connectivity index (χ1n) is 9.88. The number of aromatic hydroxyl groups is 1. The molecule has 9 heteroatoms. The number of rotatable bonds is 5. The smallest absolute Gasteiger partial charge is 0.161 e. The van der Waals surface area contributed by atoms with E-state index >= 15 is 0 Å². The molecule has 0 radical (unpaired) electrons. The van der Waals surface area contributed by atoms with Crippen molar-refractivity contribution in [2.24, 2.45) is 0 Å². The molecule has 3 atom stereocenters. The summed E-state index contributed by atoms with van der Waals surface area (Å²) in [6, 6.07) is 8.40. The summed E-state index contributed by atoms with van der Waals surface area (Å²) in [7, 11) is 3.73. The first kappa shape index (κ1) is 20.2. The molecule has 2 N–H and O–H groups in total. The second-order valence-corrected chi connectivity index (χ2v) is 7.57. The lowest BCUT2D eigenvalue weighted by atomic mass is 9.88. The molecular formula is C21H24F2N6O. The van der Waals surface area contributed by atoms with Gasteiger partial charge in [0.2, 0.25) is 0 Å². The third-order valence-corrected chi connectivity index (χ3v) is 5.72. The quantitative estimate of drug-likeness (QED) is 0.668. The van der Waals surface area contributed by atoms with Gasteiger partial charge in [0.1, 0.15) is 11.9 Å². The number of nitrogens with zero attached hydrogens (tertiary/aromatic N) is 5. The van der Waals surface area contributed by atoms with Gasteiger partial charge in [-0.1, -0.05) is 0 Å². The molecule has 158 valence electrons. The van der Waals surface area contributed by atoms with Gasteiger partial charge in [-0.2, -0.15) is 5.10 Å². The molecule has 1 aromatic carbocycles. The predicted molar refractivity (Wildman–Crippen MR) is 110 cm³/mol. The molecule has 0 amide bonds. The average Bonchev–Trinajstić information content (AvgIpc) is 3.20. The zero-order chi connectivity index (χ0) is 21.3. The van der Waals surface area contributed by atoms with Gasteiger partial charge in [-0.25, -0.2) is 13.5 Å². The summed E-state index contributed by atoms with van der Waals surface area (Å²) in [6.07, 6.45) is 3.46. The van der Waals surface area contributed by atoms with Crippen molar-refractivity contribution in [3.05, 3.63) is 48.5 Å². The highest BCUT2D eigenvalue weighted by Crippen LogP contribution is 2.31. The van der Waals surface area contributed by atoms with Crippen molar-refractivity contribution < 1.29 is 13.9 Å². The molecule has 0 bridgehead atoms. The van der Waals surface area contributed by atoms with E-state index in [0.29, 0.717) is 35.6 Å². The molecule has 4 rings (SSSR count). The molecule has 1 aliphatic carbocycles. The van der Waals surface area contributed by atoms with E-state index in [4.69, 9.17) is 0 Å². The number of benzene rings is 1. The highest BCUT2D eigenvalue weighted by atomic mass is 19.1. The molecule has 0 saturated heterocycles. The topological polar surface area (TPSA) is 79.1 Å². The van der Waals surface area contributed by atoms with Crippen molar-refractivity contribution in [1.29, 1.82) is 0 Å². The third kappa shape index (κ3) is 3.97. The normalized spacial score (nSPS) is 21.5. The zero-order valence-corrected chi connectivity index (χ0v) is 16.8. The van der Waals surface area contributed by atoms with Crippen molar-refractivity contribution in [1.82, 2.24) is 25.3 Å². The molecule has 1 saturated carbocycles. The Morgan fingerprint density at radius 3 is 2.67 bits per heavy atom. The summed E-state index contributed by atoms with van der Waals surface area (Å²) in [6.45, 7) is 0. The Bertz CT molecular complexity index is 1010. The van der Waals surface area contributed by atoms with Gasteiger partial charge < -0.3 is 15.3 Å². The van der Waals surface area contributed by atoms with E-state index in [9.17, 15) is 13.9 Å². The summed E-state index contributed by atoms with van der Waals surface area (Å²) < 4.78 is 29.0. The van der Waals surface area contributed by atoms with Crippen molar-refractivity contribution >= 4 is 5.82 Å². The molecule has 2 heterocycles. The summed E-state index contributed by atoms with van der Waals surface area (Å²) in [5.74, 6) is 0.0942. The molecule has 0 spiro atoms. The van der Waals surface area contributed by atoms with Crippen molar-refractivity contribution in [3.63, 3.8) is 0 Å². The minimum absolute atomic E-state index is 0.0215. The van der Waals surface area contributed by atoms with Crippen LogP contribution >= 0.6 is 0 Å². The number of hydrogen-bond acceptors (Lipinski definition) is 6. The highest BCUT2D eigenvalue weighted by Gasteiger charge is 2.33. The summed E-state index contributed by atoms with van der Waals surface area (Å²) in [5, 5.41) is 26.0. The lowest BCUT2D eigenvalue weighted by molar-refractivity contribution is 0.189. The van der Waals surface area contributed by atoms with Gasteiger partial charge in [0, 0.05) is 24.7 Å². The van der Waals surface area contributed by atoms with Crippen LogP contribution in [-0.2, 0) is 0 Å². The van der Waals surface area contributed by atoms with E-state index in [1.807, 2.05) is 19.0 Å².